The van der Waals surface area contributed by atoms with Gasteiger partial charge in [-0.05, 0) is 31.4 Å². The molecule has 2 rings (SSSR count). The van der Waals surface area contributed by atoms with Crippen molar-refractivity contribution in [1.29, 1.82) is 0 Å². The Morgan fingerprint density at radius 1 is 1.35 bits per heavy atom. The van der Waals surface area contributed by atoms with E-state index in [1.807, 2.05) is 0 Å². The summed E-state index contributed by atoms with van der Waals surface area (Å²) in [5, 5.41) is 20.5. The minimum Gasteiger partial charge on any atom is -0.481 e. The smallest absolute Gasteiger partial charge is 0.309 e. The fourth-order valence-corrected chi connectivity index (χ4v) is 2.93. The molecule has 0 saturated heterocycles. The van der Waals surface area contributed by atoms with Crippen molar-refractivity contribution in [2.75, 3.05) is 0 Å². The molecule has 0 atom stereocenters. The molecule has 0 unspecified atom stereocenters. The van der Waals surface area contributed by atoms with Gasteiger partial charge in [-0.1, -0.05) is 19.3 Å². The Bertz CT molecular complexity index is 538. The van der Waals surface area contributed by atoms with Gasteiger partial charge < -0.3 is 5.11 Å². The predicted octanol–water partition coefficient (Wildman–Crippen LogP) is 3.31. The van der Waals surface area contributed by atoms with E-state index in [4.69, 9.17) is 0 Å². The first kappa shape index (κ1) is 14.4. The molecule has 1 fully saturated rings. The molecule has 6 heteroatoms. The van der Waals surface area contributed by atoms with Crippen LogP contribution in [-0.2, 0) is 11.2 Å². The van der Waals surface area contributed by atoms with Crippen molar-refractivity contribution in [3.8, 4) is 0 Å². The second-order valence-electron chi connectivity index (χ2n) is 5.35. The van der Waals surface area contributed by atoms with Crippen LogP contribution in [0.5, 0.6) is 0 Å². The second-order valence-corrected chi connectivity index (χ2v) is 5.35. The number of carboxylic acid groups (broad SMARTS) is 1. The Morgan fingerprint density at radius 2 is 2.00 bits per heavy atom. The van der Waals surface area contributed by atoms with E-state index in [0.717, 1.165) is 37.5 Å². The van der Waals surface area contributed by atoms with Crippen molar-refractivity contribution in [3.05, 3.63) is 39.7 Å². The van der Waals surface area contributed by atoms with Gasteiger partial charge in [0.05, 0.1) is 10.3 Å². The predicted molar refractivity (Wildman–Crippen MR) is 69.9 cm³/mol. The third-order valence-corrected chi connectivity index (χ3v) is 4.03. The molecule has 0 radical (unpaired) electrons. The number of carboxylic acids is 1. The van der Waals surface area contributed by atoms with Crippen LogP contribution in [0.15, 0.2) is 18.2 Å². The van der Waals surface area contributed by atoms with E-state index in [1.54, 1.807) is 0 Å². The molecule has 1 aromatic carbocycles. The maximum Gasteiger partial charge on any atom is 0.309 e. The molecule has 0 aliphatic heterocycles. The van der Waals surface area contributed by atoms with Crippen LogP contribution in [0, 0.1) is 21.3 Å². The lowest BCUT2D eigenvalue weighted by Gasteiger charge is -2.33. The summed E-state index contributed by atoms with van der Waals surface area (Å²) >= 11 is 0. The van der Waals surface area contributed by atoms with Crippen molar-refractivity contribution in [3.63, 3.8) is 0 Å². The number of aliphatic carboxylic acids is 1. The summed E-state index contributed by atoms with van der Waals surface area (Å²) < 4.78 is 13.3. The first-order chi connectivity index (χ1) is 9.44. The summed E-state index contributed by atoms with van der Waals surface area (Å²) in [6, 6.07) is 3.20. The SMILES string of the molecule is O=C(O)C1(Cc2cc(F)ccc2[N+](=O)[O-])CCCCC1. The highest BCUT2D eigenvalue weighted by Gasteiger charge is 2.41. The average molecular weight is 281 g/mol. The van der Waals surface area contributed by atoms with Gasteiger partial charge in [0, 0.05) is 11.6 Å². The highest BCUT2D eigenvalue weighted by atomic mass is 19.1. The van der Waals surface area contributed by atoms with Crippen molar-refractivity contribution in [1.82, 2.24) is 0 Å². The molecule has 1 aliphatic carbocycles. The number of benzene rings is 1. The zero-order valence-corrected chi connectivity index (χ0v) is 11.0. The topological polar surface area (TPSA) is 80.4 Å². The molecule has 20 heavy (non-hydrogen) atoms. The maximum absolute atomic E-state index is 13.3. The highest BCUT2D eigenvalue weighted by Crippen LogP contribution is 2.41. The molecule has 1 N–H and O–H groups in total. The lowest BCUT2D eigenvalue weighted by atomic mass is 9.70. The molecule has 0 bridgehead atoms. The average Bonchev–Trinajstić information content (AvgIpc) is 2.39. The molecular formula is C14H16FNO4. The molecule has 0 aromatic heterocycles. The summed E-state index contributed by atoms with van der Waals surface area (Å²) in [6.07, 6.45) is 3.52. The van der Waals surface area contributed by atoms with Crippen LogP contribution in [-0.4, -0.2) is 16.0 Å². The zero-order valence-electron chi connectivity index (χ0n) is 11.0. The molecule has 5 nitrogen and oxygen atoms in total. The molecule has 1 aliphatic rings. The number of nitrogens with zero attached hydrogens (tertiary/aromatic N) is 1. The summed E-state index contributed by atoms with van der Waals surface area (Å²) in [5.74, 6) is -1.53. The fraction of sp³-hybridized carbons (Fsp3) is 0.500. The van der Waals surface area contributed by atoms with Crippen LogP contribution in [0.3, 0.4) is 0 Å². The van der Waals surface area contributed by atoms with Crippen molar-refractivity contribution in [2.24, 2.45) is 5.41 Å². The summed E-state index contributed by atoms with van der Waals surface area (Å²) in [4.78, 5) is 22.0. The van der Waals surface area contributed by atoms with Crippen LogP contribution in [0.25, 0.3) is 0 Å². The van der Waals surface area contributed by atoms with Crippen LogP contribution < -0.4 is 0 Å². The highest BCUT2D eigenvalue weighted by molar-refractivity contribution is 5.75. The molecular weight excluding hydrogens is 265 g/mol. The Morgan fingerprint density at radius 3 is 2.55 bits per heavy atom. The number of rotatable bonds is 4. The van der Waals surface area contributed by atoms with Gasteiger partial charge in [-0.15, -0.1) is 0 Å². The van der Waals surface area contributed by atoms with E-state index >= 15 is 0 Å². The van der Waals surface area contributed by atoms with Crippen LogP contribution in [0.1, 0.15) is 37.7 Å². The minimum absolute atomic E-state index is 0.0103. The standard InChI is InChI=1S/C14H16FNO4/c15-11-4-5-12(16(19)20)10(8-11)9-14(13(17)18)6-2-1-3-7-14/h4-5,8H,1-3,6-7,9H2,(H,17,18). The monoisotopic (exact) mass is 281 g/mol. The van der Waals surface area contributed by atoms with E-state index in [9.17, 15) is 24.4 Å². The van der Waals surface area contributed by atoms with Gasteiger partial charge >= 0.3 is 5.97 Å². The molecule has 108 valence electrons. The van der Waals surface area contributed by atoms with Crippen molar-refractivity contribution in [2.45, 2.75) is 38.5 Å². The summed E-state index contributed by atoms with van der Waals surface area (Å²) in [6.45, 7) is 0. The Kier molecular flexibility index (Phi) is 4.01. The number of halogens is 1. The largest absolute Gasteiger partial charge is 0.481 e. The Labute approximate surface area is 115 Å². The molecule has 0 amide bonds. The van der Waals surface area contributed by atoms with Crippen LogP contribution >= 0.6 is 0 Å². The minimum atomic E-state index is -1.00. The van der Waals surface area contributed by atoms with E-state index in [0.29, 0.717) is 12.8 Å². The second kappa shape index (κ2) is 5.56. The Hall–Kier alpha value is -1.98. The molecule has 0 heterocycles. The number of hydrogen-bond acceptors (Lipinski definition) is 3. The van der Waals surface area contributed by atoms with E-state index < -0.39 is 22.1 Å². The number of nitro benzene ring substituents is 1. The van der Waals surface area contributed by atoms with Gasteiger partial charge in [-0.2, -0.15) is 0 Å². The van der Waals surface area contributed by atoms with Crippen LogP contribution in [0.4, 0.5) is 10.1 Å². The normalized spacial score (nSPS) is 17.6. The fourth-order valence-electron chi connectivity index (χ4n) is 2.93. The summed E-state index contributed by atoms with van der Waals surface area (Å²) in [5.41, 5.74) is -1.05. The first-order valence-electron chi connectivity index (χ1n) is 6.61. The number of nitro groups is 1. The molecule has 1 aromatic rings. The van der Waals surface area contributed by atoms with Crippen molar-refractivity contribution >= 4 is 11.7 Å². The third-order valence-electron chi connectivity index (χ3n) is 4.03. The molecule has 1 saturated carbocycles. The molecule has 0 spiro atoms. The first-order valence-corrected chi connectivity index (χ1v) is 6.61. The van der Waals surface area contributed by atoms with Gasteiger partial charge in [0.1, 0.15) is 5.82 Å². The zero-order chi connectivity index (χ0) is 14.8. The number of carbonyl (C=O) groups is 1. The number of hydrogen-bond donors (Lipinski definition) is 1. The third kappa shape index (κ3) is 2.79. The van der Waals surface area contributed by atoms with Gasteiger partial charge in [0.15, 0.2) is 0 Å². The lowest BCUT2D eigenvalue weighted by Crippen LogP contribution is -2.35. The van der Waals surface area contributed by atoms with Gasteiger partial charge in [-0.25, -0.2) is 4.39 Å². The quantitative estimate of drug-likeness (QED) is 0.678. The maximum atomic E-state index is 13.3. The Balaban J connectivity index is 2.38. The van der Waals surface area contributed by atoms with Gasteiger partial charge in [0.2, 0.25) is 0 Å². The van der Waals surface area contributed by atoms with Crippen molar-refractivity contribution < 1.29 is 19.2 Å². The lowest BCUT2D eigenvalue weighted by molar-refractivity contribution is -0.385. The van der Waals surface area contributed by atoms with E-state index in [2.05, 4.69) is 0 Å². The van der Waals surface area contributed by atoms with Gasteiger partial charge in [-0.3, -0.25) is 14.9 Å². The van der Waals surface area contributed by atoms with Gasteiger partial charge in [0.25, 0.3) is 5.69 Å². The summed E-state index contributed by atoms with van der Waals surface area (Å²) in [7, 11) is 0. The van der Waals surface area contributed by atoms with E-state index in [1.165, 1.54) is 0 Å². The van der Waals surface area contributed by atoms with E-state index in [-0.39, 0.29) is 17.7 Å². The van der Waals surface area contributed by atoms with Crippen LogP contribution in [0.2, 0.25) is 0 Å².